The van der Waals surface area contributed by atoms with E-state index in [1.807, 2.05) is 20.8 Å². The molecule has 0 heterocycles. The lowest BCUT2D eigenvalue weighted by Gasteiger charge is -2.24. The lowest BCUT2D eigenvalue weighted by Crippen LogP contribution is -2.47. The van der Waals surface area contributed by atoms with Gasteiger partial charge in [0.25, 0.3) is 0 Å². The third-order valence-electron chi connectivity index (χ3n) is 2.35. The molecule has 0 spiro atoms. The lowest BCUT2D eigenvalue weighted by molar-refractivity contribution is -0.0504. The number of hydrogen-bond donors (Lipinski definition) is 2. The highest BCUT2D eigenvalue weighted by atomic mass is 127. The summed E-state index contributed by atoms with van der Waals surface area (Å²) in [6.07, 6.45) is 0. The van der Waals surface area contributed by atoms with Crippen molar-refractivity contribution in [2.75, 3.05) is 7.05 Å². The smallest absolute Gasteiger partial charge is 0.387 e. The molecule has 0 unspecified atom stereocenters. The average Bonchev–Trinajstić information content (AvgIpc) is 2.34. The molecule has 0 fully saturated rings. The van der Waals surface area contributed by atoms with Gasteiger partial charge < -0.3 is 15.4 Å². The number of nitrogens with zero attached hydrogens (tertiary/aromatic N) is 1. The zero-order chi connectivity index (χ0) is 15.2. The van der Waals surface area contributed by atoms with Crippen LogP contribution in [0.15, 0.2) is 29.3 Å². The molecule has 7 heteroatoms. The van der Waals surface area contributed by atoms with Gasteiger partial charge >= 0.3 is 6.61 Å². The Kier molecular flexibility index (Phi) is 8.53. The van der Waals surface area contributed by atoms with Crippen molar-refractivity contribution in [3.05, 3.63) is 29.8 Å². The Labute approximate surface area is 141 Å². The largest absolute Gasteiger partial charge is 0.434 e. The van der Waals surface area contributed by atoms with Crippen molar-refractivity contribution < 1.29 is 13.5 Å². The Morgan fingerprint density at radius 3 is 2.43 bits per heavy atom. The van der Waals surface area contributed by atoms with Crippen LogP contribution in [-0.4, -0.2) is 25.2 Å². The summed E-state index contributed by atoms with van der Waals surface area (Å²) in [6.45, 7) is 3.54. The third kappa shape index (κ3) is 8.03. The van der Waals surface area contributed by atoms with Crippen LogP contribution in [-0.2, 0) is 6.54 Å². The fraction of sp³-hybridized carbons (Fsp3) is 0.500. The van der Waals surface area contributed by atoms with Gasteiger partial charge in [0.1, 0.15) is 5.75 Å². The fourth-order valence-corrected chi connectivity index (χ4v) is 1.57. The second-order valence-corrected chi connectivity index (χ2v) is 5.29. The first-order valence-corrected chi connectivity index (χ1v) is 6.33. The maximum Gasteiger partial charge on any atom is 0.387 e. The van der Waals surface area contributed by atoms with Crippen LogP contribution >= 0.6 is 24.0 Å². The molecule has 0 bridgehead atoms. The van der Waals surface area contributed by atoms with Gasteiger partial charge in [-0.25, -0.2) is 0 Å². The molecular weight excluding hydrogens is 391 g/mol. The van der Waals surface area contributed by atoms with Crippen LogP contribution in [0.4, 0.5) is 8.78 Å². The summed E-state index contributed by atoms with van der Waals surface area (Å²) >= 11 is 0. The molecule has 1 rings (SSSR count). The maximum absolute atomic E-state index is 12.3. The zero-order valence-corrected chi connectivity index (χ0v) is 14.9. The summed E-state index contributed by atoms with van der Waals surface area (Å²) < 4.78 is 29.1. The van der Waals surface area contributed by atoms with Gasteiger partial charge in [-0.05, 0) is 26.8 Å². The van der Waals surface area contributed by atoms with E-state index in [0.717, 1.165) is 0 Å². The van der Waals surface area contributed by atoms with Gasteiger partial charge in [0.2, 0.25) is 0 Å². The Hall–Kier alpha value is -1.12. The number of alkyl halides is 2. The van der Waals surface area contributed by atoms with Gasteiger partial charge in [0.05, 0.1) is 0 Å². The van der Waals surface area contributed by atoms with Gasteiger partial charge in [0, 0.05) is 24.7 Å². The Morgan fingerprint density at radius 2 is 1.90 bits per heavy atom. The molecule has 0 saturated heterocycles. The summed E-state index contributed by atoms with van der Waals surface area (Å²) in [5.41, 5.74) is 0.505. The maximum atomic E-state index is 12.3. The number of aliphatic imine (C=N–C) groups is 1. The van der Waals surface area contributed by atoms with Crippen molar-refractivity contribution in [1.29, 1.82) is 0 Å². The summed E-state index contributed by atoms with van der Waals surface area (Å²) in [6, 6.07) is 6.68. The fourth-order valence-electron chi connectivity index (χ4n) is 1.57. The van der Waals surface area contributed by atoms with Crippen molar-refractivity contribution in [2.24, 2.45) is 4.99 Å². The van der Waals surface area contributed by atoms with Crippen LogP contribution in [0.3, 0.4) is 0 Å². The zero-order valence-electron chi connectivity index (χ0n) is 12.6. The average molecular weight is 413 g/mol. The SMILES string of the molecule is CN=C(NCc1ccccc1OC(F)F)NC(C)(C)C.I. The molecule has 21 heavy (non-hydrogen) atoms. The summed E-state index contributed by atoms with van der Waals surface area (Å²) in [5.74, 6) is 0.769. The standard InChI is InChI=1S/C14H21F2N3O.HI/c1-14(2,3)19-13(17-4)18-9-10-7-5-6-8-11(10)20-12(15)16;/h5-8,12H,9H2,1-4H3,(H2,17,18,19);1H. The van der Waals surface area contributed by atoms with Crippen LogP contribution in [0.2, 0.25) is 0 Å². The van der Waals surface area contributed by atoms with E-state index in [1.165, 1.54) is 6.07 Å². The minimum atomic E-state index is -2.83. The highest BCUT2D eigenvalue weighted by Crippen LogP contribution is 2.19. The quantitative estimate of drug-likeness (QED) is 0.452. The molecule has 0 aromatic heterocycles. The number of halogens is 3. The van der Waals surface area contributed by atoms with Crippen molar-refractivity contribution in [1.82, 2.24) is 10.6 Å². The Balaban J connectivity index is 0.00000400. The van der Waals surface area contributed by atoms with Crippen molar-refractivity contribution >= 4 is 29.9 Å². The molecule has 120 valence electrons. The van der Waals surface area contributed by atoms with E-state index in [4.69, 9.17) is 0 Å². The molecule has 0 aliphatic heterocycles. The van der Waals surface area contributed by atoms with Crippen molar-refractivity contribution in [2.45, 2.75) is 39.5 Å². The molecule has 0 aliphatic carbocycles. The Bertz CT molecular complexity index is 462. The molecule has 1 aromatic rings. The van der Waals surface area contributed by atoms with Crippen LogP contribution in [0.5, 0.6) is 5.75 Å². The van der Waals surface area contributed by atoms with E-state index in [0.29, 0.717) is 18.1 Å². The van der Waals surface area contributed by atoms with E-state index in [1.54, 1.807) is 25.2 Å². The number of hydrogen-bond acceptors (Lipinski definition) is 2. The van der Waals surface area contributed by atoms with Gasteiger partial charge in [-0.15, -0.1) is 24.0 Å². The molecule has 0 aliphatic rings. The molecule has 0 saturated carbocycles. The van der Waals surface area contributed by atoms with Crippen molar-refractivity contribution in [3.8, 4) is 5.75 Å². The van der Waals surface area contributed by atoms with Crippen LogP contribution in [0, 0.1) is 0 Å². The number of para-hydroxylation sites is 1. The minimum absolute atomic E-state index is 0. The van der Waals surface area contributed by atoms with E-state index < -0.39 is 6.61 Å². The van der Waals surface area contributed by atoms with E-state index in [9.17, 15) is 8.78 Å². The second kappa shape index (κ2) is 9.01. The second-order valence-electron chi connectivity index (χ2n) is 5.29. The van der Waals surface area contributed by atoms with Gasteiger partial charge in [-0.2, -0.15) is 8.78 Å². The van der Waals surface area contributed by atoms with Crippen molar-refractivity contribution in [3.63, 3.8) is 0 Å². The summed E-state index contributed by atoms with van der Waals surface area (Å²) in [4.78, 5) is 4.08. The predicted octanol–water partition coefficient (Wildman–Crippen LogP) is 3.37. The number of benzene rings is 1. The number of nitrogens with one attached hydrogen (secondary N) is 2. The number of ether oxygens (including phenoxy) is 1. The molecule has 0 amide bonds. The number of guanidine groups is 1. The first-order valence-electron chi connectivity index (χ1n) is 6.33. The number of rotatable bonds is 4. The van der Waals surface area contributed by atoms with Gasteiger partial charge in [0.15, 0.2) is 5.96 Å². The van der Waals surface area contributed by atoms with Crippen LogP contribution in [0.25, 0.3) is 0 Å². The van der Waals surface area contributed by atoms with Gasteiger partial charge in [-0.3, -0.25) is 4.99 Å². The molecule has 1 aromatic carbocycles. The monoisotopic (exact) mass is 413 g/mol. The van der Waals surface area contributed by atoms with Crippen LogP contribution in [0.1, 0.15) is 26.3 Å². The Morgan fingerprint density at radius 1 is 1.29 bits per heavy atom. The molecule has 0 atom stereocenters. The first kappa shape index (κ1) is 19.9. The summed E-state index contributed by atoms with van der Waals surface area (Å²) in [5, 5.41) is 6.26. The van der Waals surface area contributed by atoms with E-state index in [2.05, 4.69) is 20.4 Å². The third-order valence-corrected chi connectivity index (χ3v) is 2.35. The highest BCUT2D eigenvalue weighted by Gasteiger charge is 2.13. The normalized spacial score (nSPS) is 11.9. The highest BCUT2D eigenvalue weighted by molar-refractivity contribution is 14.0. The lowest BCUT2D eigenvalue weighted by atomic mass is 10.1. The van der Waals surface area contributed by atoms with Crippen LogP contribution < -0.4 is 15.4 Å². The molecule has 0 radical (unpaired) electrons. The molecule has 2 N–H and O–H groups in total. The minimum Gasteiger partial charge on any atom is -0.434 e. The van der Waals surface area contributed by atoms with E-state index >= 15 is 0 Å². The topological polar surface area (TPSA) is 45.7 Å². The molecule has 4 nitrogen and oxygen atoms in total. The van der Waals surface area contributed by atoms with Gasteiger partial charge in [-0.1, -0.05) is 18.2 Å². The molecular formula is C14H22F2IN3O. The predicted molar refractivity (Wildman–Crippen MR) is 91.6 cm³/mol. The summed E-state index contributed by atoms with van der Waals surface area (Å²) in [7, 11) is 1.66. The van der Waals surface area contributed by atoms with E-state index in [-0.39, 0.29) is 35.3 Å². The first-order chi connectivity index (χ1) is 9.31.